The van der Waals surface area contributed by atoms with Crippen molar-refractivity contribution in [3.05, 3.63) is 17.9 Å². The molecule has 5 nitrogen and oxygen atoms in total. The van der Waals surface area contributed by atoms with Crippen LogP contribution in [0.3, 0.4) is 0 Å². The maximum absolute atomic E-state index is 12.3. The van der Waals surface area contributed by atoms with Crippen molar-refractivity contribution < 1.29 is 17.6 Å². The third-order valence-electron chi connectivity index (χ3n) is 3.13. The highest BCUT2D eigenvalue weighted by Crippen LogP contribution is 2.21. The number of carbonyl (C=O) groups is 1. The van der Waals surface area contributed by atoms with Crippen molar-refractivity contribution in [3.8, 4) is 0 Å². The minimum Gasteiger partial charge on any atom is -0.440 e. The van der Waals surface area contributed by atoms with E-state index in [0.717, 1.165) is 25.7 Å². The molecule has 100 valence electrons. The summed E-state index contributed by atoms with van der Waals surface area (Å²) in [5.41, 5.74) is 0. The van der Waals surface area contributed by atoms with E-state index in [1.165, 1.54) is 22.9 Å². The van der Waals surface area contributed by atoms with Gasteiger partial charge in [0.2, 0.25) is 5.09 Å². The summed E-state index contributed by atoms with van der Waals surface area (Å²) in [6.45, 7) is 1.05. The van der Waals surface area contributed by atoms with Gasteiger partial charge in [-0.05, 0) is 25.0 Å². The second-order valence-corrected chi connectivity index (χ2v) is 6.32. The first-order valence-corrected chi connectivity index (χ1v) is 7.64. The molecular weight excluding hydrogens is 254 g/mol. The molecule has 0 atom stereocenters. The lowest BCUT2D eigenvalue weighted by atomic mass is 10.1. The molecule has 0 bridgehead atoms. The van der Waals surface area contributed by atoms with E-state index in [2.05, 4.69) is 0 Å². The minimum atomic E-state index is -3.58. The Kier molecular flexibility index (Phi) is 4.19. The predicted octanol–water partition coefficient (Wildman–Crippen LogP) is 2.05. The average Bonchev–Trinajstić information content (AvgIpc) is 2.76. The summed E-state index contributed by atoms with van der Waals surface area (Å²) in [5, 5.41) is -0.134. The predicted molar refractivity (Wildman–Crippen MR) is 65.9 cm³/mol. The molecule has 0 unspecified atom stereocenters. The number of aldehydes is 1. The Balaban J connectivity index is 2.20. The lowest BCUT2D eigenvalue weighted by Crippen LogP contribution is -2.33. The molecule has 1 aromatic rings. The molecule has 0 radical (unpaired) electrons. The van der Waals surface area contributed by atoms with Crippen LogP contribution in [0.5, 0.6) is 0 Å². The summed E-state index contributed by atoms with van der Waals surface area (Å²) < 4.78 is 31.1. The van der Waals surface area contributed by atoms with Crippen LogP contribution in [0.15, 0.2) is 21.6 Å². The van der Waals surface area contributed by atoms with E-state index in [4.69, 9.17) is 4.42 Å². The summed E-state index contributed by atoms with van der Waals surface area (Å²) in [4.78, 5) is 10.5. The van der Waals surface area contributed by atoms with Gasteiger partial charge >= 0.3 is 0 Å². The van der Waals surface area contributed by atoms with Crippen LogP contribution in [0, 0.1) is 0 Å². The molecule has 0 spiro atoms. The van der Waals surface area contributed by atoms with Crippen molar-refractivity contribution in [1.82, 2.24) is 4.31 Å². The van der Waals surface area contributed by atoms with E-state index < -0.39 is 10.0 Å². The molecular formula is C12H17NO4S. The molecule has 0 saturated carbocycles. The smallest absolute Gasteiger partial charge is 0.276 e. The molecule has 0 amide bonds. The second kappa shape index (κ2) is 5.67. The molecule has 0 aliphatic carbocycles. The summed E-state index contributed by atoms with van der Waals surface area (Å²) in [6, 6.07) is 2.72. The van der Waals surface area contributed by atoms with Crippen molar-refractivity contribution in [2.24, 2.45) is 0 Å². The quantitative estimate of drug-likeness (QED) is 0.789. The Labute approximate surface area is 107 Å². The number of furan rings is 1. The maximum atomic E-state index is 12.3. The maximum Gasteiger partial charge on any atom is 0.276 e. The highest BCUT2D eigenvalue weighted by atomic mass is 32.2. The van der Waals surface area contributed by atoms with E-state index in [1.807, 2.05) is 0 Å². The fourth-order valence-corrected chi connectivity index (χ4v) is 3.56. The van der Waals surface area contributed by atoms with E-state index in [0.29, 0.717) is 19.4 Å². The minimum absolute atomic E-state index is 0.0422. The average molecular weight is 271 g/mol. The first-order valence-electron chi connectivity index (χ1n) is 6.20. The summed E-state index contributed by atoms with van der Waals surface area (Å²) in [5.74, 6) is 0.0422. The molecule has 1 fully saturated rings. The van der Waals surface area contributed by atoms with Gasteiger partial charge in [-0.25, -0.2) is 8.42 Å². The van der Waals surface area contributed by atoms with Gasteiger partial charge in [-0.3, -0.25) is 4.79 Å². The standard InChI is InChI=1S/C12H17NO4S/c14-10-11-6-7-12(17-11)18(15,16)13-8-4-2-1-3-5-9-13/h6-7,10H,1-5,8-9H2. The third-order valence-corrected chi connectivity index (χ3v) is 4.90. The van der Waals surface area contributed by atoms with Gasteiger partial charge in [-0.1, -0.05) is 19.3 Å². The van der Waals surface area contributed by atoms with E-state index in [1.54, 1.807) is 0 Å². The normalized spacial score (nSPS) is 19.1. The third kappa shape index (κ3) is 2.81. The lowest BCUT2D eigenvalue weighted by molar-refractivity contribution is 0.109. The highest BCUT2D eigenvalue weighted by Gasteiger charge is 2.27. The van der Waals surface area contributed by atoms with Crippen LogP contribution >= 0.6 is 0 Å². The zero-order valence-corrected chi connectivity index (χ0v) is 11.0. The van der Waals surface area contributed by atoms with Crippen LogP contribution in [-0.4, -0.2) is 32.1 Å². The Morgan fingerprint density at radius 2 is 1.67 bits per heavy atom. The van der Waals surface area contributed by atoms with Gasteiger partial charge in [-0.2, -0.15) is 4.31 Å². The largest absolute Gasteiger partial charge is 0.440 e. The van der Waals surface area contributed by atoms with Crippen LogP contribution < -0.4 is 0 Å². The Hall–Kier alpha value is -1.14. The molecule has 18 heavy (non-hydrogen) atoms. The summed E-state index contributed by atoms with van der Waals surface area (Å²) >= 11 is 0. The Morgan fingerprint density at radius 1 is 1.06 bits per heavy atom. The van der Waals surface area contributed by atoms with E-state index >= 15 is 0 Å². The first kappa shape index (κ1) is 13.3. The highest BCUT2D eigenvalue weighted by molar-refractivity contribution is 7.89. The van der Waals surface area contributed by atoms with Crippen LogP contribution in [-0.2, 0) is 10.0 Å². The molecule has 1 aromatic heterocycles. The number of hydrogen-bond acceptors (Lipinski definition) is 4. The van der Waals surface area contributed by atoms with Crippen LogP contribution in [0.1, 0.15) is 42.7 Å². The van der Waals surface area contributed by atoms with Crippen LogP contribution in [0.2, 0.25) is 0 Å². The van der Waals surface area contributed by atoms with Gasteiger partial charge in [0.15, 0.2) is 12.0 Å². The van der Waals surface area contributed by atoms with E-state index in [9.17, 15) is 13.2 Å². The van der Waals surface area contributed by atoms with Crippen molar-refractivity contribution in [1.29, 1.82) is 0 Å². The number of nitrogens with zero attached hydrogens (tertiary/aromatic N) is 1. The molecule has 0 aromatic carbocycles. The van der Waals surface area contributed by atoms with E-state index in [-0.39, 0.29) is 10.9 Å². The van der Waals surface area contributed by atoms with Crippen molar-refractivity contribution in [2.45, 2.75) is 37.2 Å². The first-order chi connectivity index (χ1) is 8.64. The molecule has 0 N–H and O–H groups in total. The fourth-order valence-electron chi connectivity index (χ4n) is 2.12. The van der Waals surface area contributed by atoms with Gasteiger partial charge in [0, 0.05) is 13.1 Å². The zero-order valence-electron chi connectivity index (χ0n) is 10.2. The topological polar surface area (TPSA) is 67.6 Å². The molecule has 6 heteroatoms. The van der Waals surface area contributed by atoms with Gasteiger partial charge < -0.3 is 4.42 Å². The summed E-state index contributed by atoms with van der Waals surface area (Å²) in [6.07, 6.45) is 5.55. The fraction of sp³-hybridized carbons (Fsp3) is 0.583. The zero-order chi connectivity index (χ0) is 13.0. The SMILES string of the molecule is O=Cc1ccc(S(=O)(=O)N2CCCCCCC2)o1. The number of carbonyl (C=O) groups excluding carboxylic acids is 1. The molecule has 2 heterocycles. The van der Waals surface area contributed by atoms with Gasteiger partial charge in [0.25, 0.3) is 10.0 Å². The lowest BCUT2D eigenvalue weighted by Gasteiger charge is -2.22. The van der Waals surface area contributed by atoms with Gasteiger partial charge in [0.1, 0.15) is 0 Å². The molecule has 2 rings (SSSR count). The van der Waals surface area contributed by atoms with Crippen LogP contribution in [0.25, 0.3) is 0 Å². The van der Waals surface area contributed by atoms with Crippen molar-refractivity contribution >= 4 is 16.3 Å². The number of rotatable bonds is 3. The van der Waals surface area contributed by atoms with Crippen molar-refractivity contribution in [3.63, 3.8) is 0 Å². The molecule has 1 aliphatic heterocycles. The molecule has 1 aliphatic rings. The van der Waals surface area contributed by atoms with Gasteiger partial charge in [-0.15, -0.1) is 0 Å². The Bertz CT molecular complexity index is 498. The Morgan fingerprint density at radius 3 is 2.22 bits per heavy atom. The van der Waals surface area contributed by atoms with Gasteiger partial charge in [0.05, 0.1) is 0 Å². The van der Waals surface area contributed by atoms with Crippen LogP contribution in [0.4, 0.5) is 0 Å². The number of hydrogen-bond donors (Lipinski definition) is 0. The molecule has 1 saturated heterocycles. The monoisotopic (exact) mass is 271 g/mol. The second-order valence-electron chi connectivity index (χ2n) is 4.45. The van der Waals surface area contributed by atoms with Crippen molar-refractivity contribution in [2.75, 3.05) is 13.1 Å². The number of sulfonamides is 1. The summed E-state index contributed by atoms with van der Waals surface area (Å²) in [7, 11) is -3.58.